The molecule has 96 valence electrons. The summed E-state index contributed by atoms with van der Waals surface area (Å²) in [5, 5.41) is 2.24. The molecular weight excluding hydrogens is 302 g/mol. The maximum absolute atomic E-state index is 12.1. The van der Waals surface area contributed by atoms with Crippen LogP contribution in [0.5, 0.6) is 0 Å². The minimum Gasteiger partial charge on any atom is -0.311 e. The van der Waals surface area contributed by atoms with E-state index < -0.39 is 0 Å². The molecule has 1 aliphatic rings. The van der Waals surface area contributed by atoms with Gasteiger partial charge in [-0.3, -0.25) is 4.79 Å². The lowest BCUT2D eigenvalue weighted by atomic mass is 10.1. The van der Waals surface area contributed by atoms with Crippen LogP contribution in [0.1, 0.15) is 6.42 Å². The summed E-state index contributed by atoms with van der Waals surface area (Å²) >= 11 is 3.56. The number of hydrogen-bond acceptors (Lipinski definition) is 1. The summed E-state index contributed by atoms with van der Waals surface area (Å²) < 4.78 is 1.05. The summed E-state index contributed by atoms with van der Waals surface area (Å²) in [5.41, 5.74) is 0.994. The highest BCUT2D eigenvalue weighted by Crippen LogP contribution is 2.34. The van der Waals surface area contributed by atoms with Crippen molar-refractivity contribution in [2.45, 2.75) is 6.42 Å². The minimum absolute atomic E-state index is 0.178. The van der Waals surface area contributed by atoms with Gasteiger partial charge in [-0.1, -0.05) is 46.3 Å². The van der Waals surface area contributed by atoms with E-state index in [1.54, 1.807) is 0 Å². The number of hydrogen-bond donors (Lipinski definition) is 0. The smallest absolute Gasteiger partial charge is 0.227 e. The molecule has 1 atom stereocenters. The van der Waals surface area contributed by atoms with Crippen LogP contribution in [0.3, 0.4) is 0 Å². The van der Waals surface area contributed by atoms with Gasteiger partial charge in [0.05, 0.1) is 5.69 Å². The summed E-state index contributed by atoms with van der Waals surface area (Å²) in [6, 6.07) is 12.2. The SMILES string of the molecule is C=CC1CC(=O)N(c2cccc3c(Br)cccc23)C1. The first kappa shape index (κ1) is 12.4. The van der Waals surface area contributed by atoms with Gasteiger partial charge in [-0.05, 0) is 17.5 Å². The van der Waals surface area contributed by atoms with Crippen molar-refractivity contribution in [3.8, 4) is 0 Å². The topological polar surface area (TPSA) is 20.3 Å². The molecule has 1 fully saturated rings. The molecule has 0 spiro atoms. The number of halogens is 1. The molecule has 0 aliphatic carbocycles. The molecule has 0 saturated carbocycles. The van der Waals surface area contributed by atoms with Gasteiger partial charge in [0.1, 0.15) is 0 Å². The van der Waals surface area contributed by atoms with Crippen LogP contribution in [0.2, 0.25) is 0 Å². The summed E-state index contributed by atoms with van der Waals surface area (Å²) in [6.07, 6.45) is 2.44. The quantitative estimate of drug-likeness (QED) is 0.763. The van der Waals surface area contributed by atoms with E-state index in [2.05, 4.69) is 34.6 Å². The van der Waals surface area contributed by atoms with Crippen LogP contribution in [0.4, 0.5) is 5.69 Å². The highest BCUT2D eigenvalue weighted by molar-refractivity contribution is 9.10. The van der Waals surface area contributed by atoms with Crippen LogP contribution in [0, 0.1) is 5.92 Å². The Labute approximate surface area is 120 Å². The zero-order chi connectivity index (χ0) is 13.4. The predicted molar refractivity (Wildman–Crippen MR) is 82.3 cm³/mol. The van der Waals surface area contributed by atoms with E-state index in [1.807, 2.05) is 35.2 Å². The van der Waals surface area contributed by atoms with Crippen molar-refractivity contribution in [3.05, 3.63) is 53.5 Å². The molecular formula is C16H14BrNO. The standard InChI is InChI=1S/C16H14BrNO/c1-2-11-9-16(19)18(10-11)15-8-4-5-12-13(15)6-3-7-14(12)17/h2-8,11H,1,9-10H2. The Balaban J connectivity index is 2.13. The van der Waals surface area contributed by atoms with Crippen molar-refractivity contribution in [3.63, 3.8) is 0 Å². The van der Waals surface area contributed by atoms with Gasteiger partial charge < -0.3 is 4.90 Å². The number of amides is 1. The first-order chi connectivity index (χ1) is 9.20. The molecule has 1 saturated heterocycles. The number of anilines is 1. The minimum atomic E-state index is 0.178. The van der Waals surface area contributed by atoms with Crippen LogP contribution < -0.4 is 4.90 Å². The van der Waals surface area contributed by atoms with Gasteiger partial charge in [-0.25, -0.2) is 0 Å². The van der Waals surface area contributed by atoms with Crippen molar-refractivity contribution < 1.29 is 4.79 Å². The number of fused-ring (bicyclic) bond motifs is 1. The predicted octanol–water partition coefficient (Wildman–Crippen LogP) is 4.14. The van der Waals surface area contributed by atoms with Crippen molar-refractivity contribution in [1.29, 1.82) is 0 Å². The van der Waals surface area contributed by atoms with E-state index in [-0.39, 0.29) is 11.8 Å². The zero-order valence-electron chi connectivity index (χ0n) is 10.5. The molecule has 0 aromatic heterocycles. The maximum atomic E-state index is 12.1. The summed E-state index contributed by atoms with van der Waals surface area (Å²) in [6.45, 7) is 4.53. The van der Waals surface area contributed by atoms with Crippen LogP contribution >= 0.6 is 15.9 Å². The fraction of sp³-hybridized carbons (Fsp3) is 0.188. The number of carbonyl (C=O) groups excluding carboxylic acids is 1. The van der Waals surface area contributed by atoms with Crippen molar-refractivity contribution in [2.24, 2.45) is 5.92 Å². The van der Waals surface area contributed by atoms with Gasteiger partial charge in [-0.15, -0.1) is 6.58 Å². The lowest BCUT2D eigenvalue weighted by molar-refractivity contribution is -0.117. The molecule has 0 N–H and O–H groups in total. The third kappa shape index (κ3) is 2.08. The molecule has 2 aromatic carbocycles. The molecule has 0 bridgehead atoms. The molecule has 0 radical (unpaired) electrons. The third-order valence-electron chi connectivity index (χ3n) is 3.62. The normalized spacial score (nSPS) is 19.1. The van der Waals surface area contributed by atoms with E-state index in [0.717, 1.165) is 27.5 Å². The van der Waals surface area contributed by atoms with Crippen LogP contribution in [-0.2, 0) is 4.79 Å². The Morgan fingerprint density at radius 1 is 1.21 bits per heavy atom. The van der Waals surface area contributed by atoms with Gasteiger partial charge in [0, 0.05) is 28.7 Å². The Morgan fingerprint density at radius 3 is 2.68 bits per heavy atom. The molecule has 1 amide bonds. The van der Waals surface area contributed by atoms with Gasteiger partial charge in [0.2, 0.25) is 5.91 Å². The second-order valence-corrected chi connectivity index (χ2v) is 5.67. The molecule has 2 aromatic rings. The molecule has 3 heteroatoms. The van der Waals surface area contributed by atoms with Gasteiger partial charge in [0.15, 0.2) is 0 Å². The number of nitrogens with zero attached hydrogens (tertiary/aromatic N) is 1. The Hall–Kier alpha value is -1.61. The van der Waals surface area contributed by atoms with Crippen molar-refractivity contribution >= 4 is 38.3 Å². The van der Waals surface area contributed by atoms with Gasteiger partial charge >= 0.3 is 0 Å². The van der Waals surface area contributed by atoms with E-state index in [1.165, 1.54) is 0 Å². The number of rotatable bonds is 2. The van der Waals surface area contributed by atoms with E-state index in [9.17, 15) is 4.79 Å². The van der Waals surface area contributed by atoms with Crippen LogP contribution in [0.25, 0.3) is 10.8 Å². The Morgan fingerprint density at radius 2 is 1.95 bits per heavy atom. The lowest BCUT2D eigenvalue weighted by Gasteiger charge is -2.19. The summed E-state index contributed by atoms with van der Waals surface area (Å²) in [7, 11) is 0. The molecule has 3 rings (SSSR count). The lowest BCUT2D eigenvalue weighted by Crippen LogP contribution is -2.24. The first-order valence-corrected chi connectivity index (χ1v) is 7.10. The zero-order valence-corrected chi connectivity index (χ0v) is 12.1. The molecule has 1 unspecified atom stereocenters. The molecule has 2 nitrogen and oxygen atoms in total. The average Bonchev–Trinajstić information content (AvgIpc) is 2.80. The third-order valence-corrected chi connectivity index (χ3v) is 4.32. The Bertz CT molecular complexity index is 665. The van der Waals surface area contributed by atoms with Gasteiger partial charge in [-0.2, -0.15) is 0 Å². The number of carbonyl (C=O) groups is 1. The van der Waals surface area contributed by atoms with Crippen LogP contribution in [0.15, 0.2) is 53.5 Å². The van der Waals surface area contributed by atoms with Crippen molar-refractivity contribution in [1.82, 2.24) is 0 Å². The summed E-state index contributed by atoms with van der Waals surface area (Å²) in [5.74, 6) is 0.437. The summed E-state index contributed by atoms with van der Waals surface area (Å²) in [4.78, 5) is 14.0. The monoisotopic (exact) mass is 315 g/mol. The largest absolute Gasteiger partial charge is 0.311 e. The van der Waals surface area contributed by atoms with Gasteiger partial charge in [0.25, 0.3) is 0 Å². The first-order valence-electron chi connectivity index (χ1n) is 6.31. The Kier molecular flexibility index (Phi) is 3.15. The number of benzene rings is 2. The molecule has 1 heterocycles. The average molecular weight is 316 g/mol. The van der Waals surface area contributed by atoms with E-state index in [0.29, 0.717) is 6.42 Å². The molecule has 1 aliphatic heterocycles. The van der Waals surface area contributed by atoms with E-state index >= 15 is 0 Å². The fourth-order valence-corrected chi connectivity index (χ4v) is 3.11. The fourth-order valence-electron chi connectivity index (χ4n) is 2.62. The second-order valence-electron chi connectivity index (χ2n) is 4.82. The highest BCUT2D eigenvalue weighted by Gasteiger charge is 2.29. The maximum Gasteiger partial charge on any atom is 0.227 e. The molecule has 19 heavy (non-hydrogen) atoms. The van der Waals surface area contributed by atoms with Crippen molar-refractivity contribution in [2.75, 3.05) is 11.4 Å². The van der Waals surface area contributed by atoms with E-state index in [4.69, 9.17) is 0 Å². The highest BCUT2D eigenvalue weighted by atomic mass is 79.9. The van der Waals surface area contributed by atoms with Crippen LogP contribution in [-0.4, -0.2) is 12.5 Å². The second kappa shape index (κ2) is 4.82.